The minimum Gasteiger partial charge on any atom is -0.384 e. The molecule has 110 valence electrons. The standard InChI is InChI=1S/C18H19BrO2/c1-20-9-8-13-2-4-14(5-3-13)18(19)15-6-7-16-11-21-12-17(16)10-15/h2-7,10,18H,8-9,11-12H2,1H3. The second-order valence-electron chi connectivity index (χ2n) is 5.37. The zero-order valence-corrected chi connectivity index (χ0v) is 13.7. The maximum Gasteiger partial charge on any atom is 0.0725 e. The van der Waals surface area contributed by atoms with Crippen LogP contribution < -0.4 is 0 Å². The molecule has 2 aromatic rings. The first-order chi connectivity index (χ1) is 10.3. The molecule has 0 aromatic heterocycles. The summed E-state index contributed by atoms with van der Waals surface area (Å²) in [7, 11) is 1.74. The third-order valence-corrected chi connectivity index (χ3v) is 4.96. The average Bonchev–Trinajstić information content (AvgIpc) is 3.00. The third-order valence-electron chi connectivity index (χ3n) is 3.91. The van der Waals surface area contributed by atoms with Gasteiger partial charge in [-0.3, -0.25) is 0 Å². The van der Waals surface area contributed by atoms with Crippen LogP contribution in [0.5, 0.6) is 0 Å². The Morgan fingerprint density at radius 2 is 1.76 bits per heavy atom. The lowest BCUT2D eigenvalue weighted by Crippen LogP contribution is -1.97. The van der Waals surface area contributed by atoms with Gasteiger partial charge in [0.2, 0.25) is 0 Å². The van der Waals surface area contributed by atoms with Crippen molar-refractivity contribution in [2.24, 2.45) is 0 Å². The largest absolute Gasteiger partial charge is 0.384 e. The van der Waals surface area contributed by atoms with Crippen LogP contribution >= 0.6 is 15.9 Å². The van der Waals surface area contributed by atoms with E-state index < -0.39 is 0 Å². The monoisotopic (exact) mass is 346 g/mol. The predicted octanol–water partition coefficient (Wildman–Crippen LogP) is 4.39. The van der Waals surface area contributed by atoms with Crippen molar-refractivity contribution >= 4 is 15.9 Å². The van der Waals surface area contributed by atoms with Gasteiger partial charge >= 0.3 is 0 Å². The van der Waals surface area contributed by atoms with Gasteiger partial charge in [-0.2, -0.15) is 0 Å². The number of fused-ring (bicyclic) bond motifs is 1. The first-order valence-corrected chi connectivity index (χ1v) is 8.11. The Kier molecular flexibility index (Phi) is 4.73. The molecule has 3 heteroatoms. The molecule has 0 spiro atoms. The molecule has 0 N–H and O–H groups in total. The van der Waals surface area contributed by atoms with Gasteiger partial charge in [-0.25, -0.2) is 0 Å². The second kappa shape index (κ2) is 6.73. The molecule has 0 saturated carbocycles. The number of halogens is 1. The van der Waals surface area contributed by atoms with Crippen molar-refractivity contribution in [3.63, 3.8) is 0 Å². The maximum absolute atomic E-state index is 5.48. The Labute approximate surface area is 134 Å². The summed E-state index contributed by atoms with van der Waals surface area (Å²) < 4.78 is 10.6. The number of hydrogen-bond donors (Lipinski definition) is 0. The molecular formula is C18H19BrO2. The molecule has 0 fully saturated rings. The van der Waals surface area contributed by atoms with Crippen LogP contribution in [0.25, 0.3) is 0 Å². The third kappa shape index (κ3) is 3.37. The van der Waals surface area contributed by atoms with Gasteiger partial charge < -0.3 is 9.47 Å². The molecule has 1 aliphatic heterocycles. The number of ether oxygens (including phenoxy) is 2. The topological polar surface area (TPSA) is 18.5 Å². The molecule has 0 saturated heterocycles. The molecule has 0 radical (unpaired) electrons. The van der Waals surface area contributed by atoms with Crippen LogP contribution in [0.3, 0.4) is 0 Å². The average molecular weight is 347 g/mol. The first kappa shape index (κ1) is 14.8. The van der Waals surface area contributed by atoms with Gasteiger partial charge in [-0.05, 0) is 34.2 Å². The molecule has 0 aliphatic carbocycles. The Hall–Kier alpha value is -1.16. The number of methoxy groups -OCH3 is 1. The zero-order valence-electron chi connectivity index (χ0n) is 12.1. The lowest BCUT2D eigenvalue weighted by atomic mass is 9.99. The van der Waals surface area contributed by atoms with Crippen molar-refractivity contribution in [2.45, 2.75) is 24.5 Å². The van der Waals surface area contributed by atoms with Gasteiger partial charge in [0, 0.05) is 7.11 Å². The van der Waals surface area contributed by atoms with E-state index in [-0.39, 0.29) is 4.83 Å². The molecule has 3 rings (SSSR count). The van der Waals surface area contributed by atoms with Crippen molar-refractivity contribution < 1.29 is 9.47 Å². The molecule has 2 aromatic carbocycles. The highest BCUT2D eigenvalue weighted by atomic mass is 79.9. The van der Waals surface area contributed by atoms with Crippen molar-refractivity contribution in [1.29, 1.82) is 0 Å². The van der Waals surface area contributed by atoms with Gasteiger partial charge in [-0.1, -0.05) is 58.4 Å². The summed E-state index contributed by atoms with van der Waals surface area (Å²) in [6, 6.07) is 15.4. The lowest BCUT2D eigenvalue weighted by molar-refractivity contribution is 0.134. The van der Waals surface area contributed by atoms with Crippen LogP contribution in [-0.2, 0) is 29.1 Å². The van der Waals surface area contributed by atoms with E-state index in [1.807, 2.05) is 0 Å². The van der Waals surface area contributed by atoms with E-state index >= 15 is 0 Å². The molecule has 21 heavy (non-hydrogen) atoms. The van der Waals surface area contributed by atoms with Gasteiger partial charge in [0.1, 0.15) is 0 Å². The summed E-state index contributed by atoms with van der Waals surface area (Å²) in [5.74, 6) is 0. The fourth-order valence-electron chi connectivity index (χ4n) is 2.62. The highest BCUT2D eigenvalue weighted by molar-refractivity contribution is 9.09. The summed E-state index contributed by atoms with van der Waals surface area (Å²) in [6.07, 6.45) is 0.958. The van der Waals surface area contributed by atoms with Gasteiger partial charge in [-0.15, -0.1) is 0 Å². The summed E-state index contributed by atoms with van der Waals surface area (Å²) in [4.78, 5) is 0.222. The number of hydrogen-bond acceptors (Lipinski definition) is 2. The summed E-state index contributed by atoms with van der Waals surface area (Å²) in [5, 5.41) is 0. The Morgan fingerprint density at radius 1 is 1.05 bits per heavy atom. The molecular weight excluding hydrogens is 328 g/mol. The number of alkyl halides is 1. The molecule has 0 amide bonds. The molecule has 1 unspecified atom stereocenters. The van der Waals surface area contributed by atoms with Gasteiger partial charge in [0.15, 0.2) is 0 Å². The summed E-state index contributed by atoms with van der Waals surface area (Å²) in [6.45, 7) is 2.25. The van der Waals surface area contributed by atoms with E-state index in [0.717, 1.165) is 26.2 Å². The van der Waals surface area contributed by atoms with Crippen LogP contribution in [0, 0.1) is 0 Å². The molecule has 1 aliphatic rings. The van der Waals surface area contributed by atoms with Crippen LogP contribution in [-0.4, -0.2) is 13.7 Å². The van der Waals surface area contributed by atoms with Crippen molar-refractivity contribution in [3.8, 4) is 0 Å². The Morgan fingerprint density at radius 3 is 2.52 bits per heavy atom. The Bertz CT molecular complexity index is 607. The van der Waals surface area contributed by atoms with E-state index in [1.165, 1.54) is 27.8 Å². The number of benzene rings is 2. The van der Waals surface area contributed by atoms with Gasteiger partial charge in [0.05, 0.1) is 24.6 Å². The van der Waals surface area contributed by atoms with Crippen LogP contribution in [0.1, 0.15) is 32.6 Å². The first-order valence-electron chi connectivity index (χ1n) is 7.19. The van der Waals surface area contributed by atoms with Crippen molar-refractivity contribution in [2.75, 3.05) is 13.7 Å². The van der Waals surface area contributed by atoms with Crippen LogP contribution in [0.4, 0.5) is 0 Å². The quantitative estimate of drug-likeness (QED) is 0.747. The lowest BCUT2D eigenvalue weighted by Gasteiger charge is -2.13. The normalized spacial score (nSPS) is 15.0. The zero-order chi connectivity index (χ0) is 14.7. The minimum absolute atomic E-state index is 0.222. The smallest absolute Gasteiger partial charge is 0.0725 e. The molecule has 1 atom stereocenters. The summed E-state index contributed by atoms with van der Waals surface area (Å²) >= 11 is 3.81. The minimum atomic E-state index is 0.222. The highest BCUT2D eigenvalue weighted by Gasteiger charge is 2.15. The fraction of sp³-hybridized carbons (Fsp3) is 0.333. The van der Waals surface area contributed by atoms with Crippen LogP contribution in [0.15, 0.2) is 42.5 Å². The van der Waals surface area contributed by atoms with Gasteiger partial charge in [0.25, 0.3) is 0 Å². The predicted molar refractivity (Wildman–Crippen MR) is 87.7 cm³/mol. The molecule has 0 bridgehead atoms. The van der Waals surface area contributed by atoms with E-state index in [4.69, 9.17) is 9.47 Å². The highest BCUT2D eigenvalue weighted by Crippen LogP contribution is 2.33. The SMILES string of the molecule is COCCc1ccc(C(Br)c2ccc3c(c2)COC3)cc1. The van der Waals surface area contributed by atoms with E-state index in [0.29, 0.717) is 0 Å². The van der Waals surface area contributed by atoms with Crippen molar-refractivity contribution in [3.05, 3.63) is 70.3 Å². The fourth-order valence-corrected chi connectivity index (χ4v) is 3.21. The number of rotatable bonds is 5. The molecule has 2 nitrogen and oxygen atoms in total. The maximum atomic E-state index is 5.48. The van der Waals surface area contributed by atoms with E-state index in [2.05, 4.69) is 58.4 Å². The van der Waals surface area contributed by atoms with Crippen molar-refractivity contribution in [1.82, 2.24) is 0 Å². The summed E-state index contributed by atoms with van der Waals surface area (Å²) in [5.41, 5.74) is 6.49. The molecule has 1 heterocycles. The van der Waals surface area contributed by atoms with E-state index in [9.17, 15) is 0 Å². The second-order valence-corrected chi connectivity index (χ2v) is 6.28. The van der Waals surface area contributed by atoms with E-state index in [1.54, 1.807) is 7.11 Å². The Balaban J connectivity index is 1.76. The van der Waals surface area contributed by atoms with Crippen LogP contribution in [0.2, 0.25) is 0 Å².